The molecule has 0 spiro atoms. The predicted octanol–water partition coefficient (Wildman–Crippen LogP) is 1.43. The third kappa shape index (κ3) is 2.44. The molecule has 1 aromatic heterocycles. The Labute approximate surface area is 97.6 Å². The average Bonchev–Trinajstić information content (AvgIpc) is 2.28. The van der Waals surface area contributed by atoms with Crippen molar-refractivity contribution in [3.63, 3.8) is 0 Å². The van der Waals surface area contributed by atoms with Gasteiger partial charge in [-0.15, -0.1) is 11.8 Å². The van der Waals surface area contributed by atoms with Gasteiger partial charge in [-0.3, -0.25) is 0 Å². The van der Waals surface area contributed by atoms with E-state index in [4.69, 9.17) is 15.7 Å². The van der Waals surface area contributed by atoms with Gasteiger partial charge in [0.15, 0.2) is 0 Å². The van der Waals surface area contributed by atoms with Crippen LogP contribution in [0.2, 0.25) is 0 Å². The van der Waals surface area contributed by atoms with Crippen LogP contribution in [0.1, 0.15) is 22.8 Å². The number of hydrogen-bond donors (Lipinski definition) is 1. The van der Waals surface area contributed by atoms with Crippen LogP contribution in [0, 0.1) is 11.3 Å². The van der Waals surface area contributed by atoms with Gasteiger partial charge in [0.2, 0.25) is 0 Å². The van der Waals surface area contributed by atoms with E-state index in [1.165, 1.54) is 17.8 Å². The molecule has 0 saturated heterocycles. The maximum Gasteiger partial charge on any atom is 0.341 e. The molecule has 0 bridgehead atoms. The summed E-state index contributed by atoms with van der Waals surface area (Å²) in [5.41, 5.74) is 6.08. The fraction of sp³-hybridized carbons (Fsp3) is 0.300. The van der Waals surface area contributed by atoms with Gasteiger partial charge in [0.05, 0.1) is 12.2 Å². The van der Waals surface area contributed by atoms with Crippen molar-refractivity contribution in [2.24, 2.45) is 0 Å². The molecular weight excluding hydrogens is 226 g/mol. The lowest BCUT2D eigenvalue weighted by atomic mass is 10.2. The molecule has 6 heteroatoms. The number of aromatic nitrogens is 1. The Morgan fingerprint density at radius 3 is 2.94 bits per heavy atom. The first kappa shape index (κ1) is 12.3. The molecular formula is C10H11N3O2S. The molecule has 1 rings (SSSR count). The lowest BCUT2D eigenvalue weighted by Gasteiger charge is -2.07. The summed E-state index contributed by atoms with van der Waals surface area (Å²) in [7, 11) is 0. The van der Waals surface area contributed by atoms with Gasteiger partial charge >= 0.3 is 5.97 Å². The van der Waals surface area contributed by atoms with E-state index in [1.54, 1.807) is 13.2 Å². The second-order valence-electron chi connectivity index (χ2n) is 2.81. The number of carbonyl (C=O) groups excluding carboxylic acids is 1. The van der Waals surface area contributed by atoms with Crippen LogP contribution in [0.3, 0.4) is 0 Å². The quantitative estimate of drug-likeness (QED) is 0.632. The van der Waals surface area contributed by atoms with Gasteiger partial charge in [0, 0.05) is 0 Å². The highest BCUT2D eigenvalue weighted by Gasteiger charge is 2.16. The molecule has 0 amide bonds. The first-order valence-corrected chi connectivity index (χ1v) is 5.78. The number of nitrogens with zero attached hydrogens (tertiary/aromatic N) is 2. The summed E-state index contributed by atoms with van der Waals surface area (Å²) in [5.74, 6) is -0.474. The summed E-state index contributed by atoms with van der Waals surface area (Å²) in [4.78, 5) is 15.5. The average molecular weight is 237 g/mol. The number of rotatable bonds is 3. The number of nitriles is 1. The van der Waals surface area contributed by atoms with Gasteiger partial charge in [-0.1, -0.05) is 0 Å². The van der Waals surface area contributed by atoms with Crippen molar-refractivity contribution < 1.29 is 9.53 Å². The van der Waals surface area contributed by atoms with Crippen LogP contribution in [-0.2, 0) is 4.74 Å². The minimum Gasteiger partial charge on any atom is -0.462 e. The van der Waals surface area contributed by atoms with Crippen molar-refractivity contribution in [3.05, 3.63) is 17.2 Å². The van der Waals surface area contributed by atoms with Crippen LogP contribution in [0.5, 0.6) is 0 Å². The molecule has 84 valence electrons. The minimum atomic E-state index is -0.559. The molecule has 0 atom stereocenters. The molecule has 0 fully saturated rings. The Morgan fingerprint density at radius 2 is 2.44 bits per heavy atom. The molecule has 0 aliphatic carbocycles. The first-order valence-electron chi connectivity index (χ1n) is 4.55. The third-order valence-electron chi connectivity index (χ3n) is 1.83. The number of nitrogen functional groups attached to an aromatic ring is 1. The van der Waals surface area contributed by atoms with Crippen LogP contribution < -0.4 is 5.73 Å². The number of anilines is 1. The lowest BCUT2D eigenvalue weighted by Crippen LogP contribution is -2.10. The fourth-order valence-electron chi connectivity index (χ4n) is 1.12. The number of nitrogens with two attached hydrogens (primary N) is 1. The van der Waals surface area contributed by atoms with Gasteiger partial charge in [0.25, 0.3) is 0 Å². The summed E-state index contributed by atoms with van der Waals surface area (Å²) in [5, 5.41) is 9.39. The fourth-order valence-corrected chi connectivity index (χ4v) is 1.63. The van der Waals surface area contributed by atoms with Crippen molar-refractivity contribution in [3.8, 4) is 6.07 Å². The zero-order valence-electron chi connectivity index (χ0n) is 8.98. The second kappa shape index (κ2) is 5.37. The normalized spacial score (nSPS) is 9.56. The number of carbonyl (C=O) groups is 1. The largest absolute Gasteiger partial charge is 0.462 e. The van der Waals surface area contributed by atoms with E-state index in [0.29, 0.717) is 10.6 Å². The van der Waals surface area contributed by atoms with Crippen molar-refractivity contribution in [1.29, 1.82) is 5.26 Å². The van der Waals surface area contributed by atoms with Crippen LogP contribution >= 0.6 is 11.8 Å². The number of ether oxygens (including phenoxy) is 1. The Balaban J connectivity index is 3.22. The van der Waals surface area contributed by atoms with E-state index < -0.39 is 5.97 Å². The van der Waals surface area contributed by atoms with E-state index in [0.717, 1.165) is 0 Å². The summed E-state index contributed by atoms with van der Waals surface area (Å²) in [6.45, 7) is 1.95. The number of pyridine rings is 1. The molecule has 0 aliphatic heterocycles. The number of esters is 1. The van der Waals surface area contributed by atoms with Crippen molar-refractivity contribution in [2.75, 3.05) is 18.6 Å². The highest BCUT2D eigenvalue weighted by Crippen LogP contribution is 2.22. The Kier molecular flexibility index (Phi) is 4.14. The van der Waals surface area contributed by atoms with E-state index in [-0.39, 0.29) is 18.0 Å². The highest BCUT2D eigenvalue weighted by molar-refractivity contribution is 7.98. The van der Waals surface area contributed by atoms with E-state index in [2.05, 4.69) is 4.98 Å². The van der Waals surface area contributed by atoms with Crippen LogP contribution in [0.15, 0.2) is 11.1 Å². The van der Waals surface area contributed by atoms with Crippen molar-refractivity contribution in [2.45, 2.75) is 11.9 Å². The smallest absolute Gasteiger partial charge is 0.341 e. The van der Waals surface area contributed by atoms with Gasteiger partial charge < -0.3 is 10.5 Å². The number of hydrogen-bond acceptors (Lipinski definition) is 6. The summed E-state index contributed by atoms with van der Waals surface area (Å²) < 4.78 is 4.81. The monoisotopic (exact) mass is 237 g/mol. The van der Waals surface area contributed by atoms with Crippen LogP contribution in [0.4, 0.5) is 5.82 Å². The van der Waals surface area contributed by atoms with Crippen molar-refractivity contribution >= 4 is 23.5 Å². The first-order chi connectivity index (χ1) is 7.63. The second-order valence-corrected chi connectivity index (χ2v) is 3.61. The van der Waals surface area contributed by atoms with E-state index >= 15 is 0 Å². The summed E-state index contributed by atoms with van der Waals surface area (Å²) in [6.07, 6.45) is 1.78. The Morgan fingerprint density at radius 1 is 1.75 bits per heavy atom. The Bertz CT molecular complexity index is 454. The molecule has 1 heterocycles. The maximum absolute atomic E-state index is 11.5. The predicted molar refractivity (Wildman–Crippen MR) is 61.1 cm³/mol. The third-order valence-corrected chi connectivity index (χ3v) is 2.52. The molecule has 0 radical (unpaired) electrons. The zero-order valence-corrected chi connectivity index (χ0v) is 9.80. The molecule has 5 nitrogen and oxygen atoms in total. The minimum absolute atomic E-state index is 0.0850. The molecule has 1 aromatic rings. The molecule has 0 aliphatic rings. The van der Waals surface area contributed by atoms with E-state index in [9.17, 15) is 4.79 Å². The van der Waals surface area contributed by atoms with Crippen LogP contribution in [-0.4, -0.2) is 23.8 Å². The van der Waals surface area contributed by atoms with E-state index in [1.807, 2.05) is 6.07 Å². The number of thioether (sulfide) groups is 1. The molecule has 16 heavy (non-hydrogen) atoms. The molecule has 0 aromatic carbocycles. The Hall–Kier alpha value is -1.74. The van der Waals surface area contributed by atoms with Gasteiger partial charge in [-0.05, 0) is 19.2 Å². The van der Waals surface area contributed by atoms with Crippen molar-refractivity contribution in [1.82, 2.24) is 4.98 Å². The van der Waals surface area contributed by atoms with Gasteiger partial charge in [-0.25, -0.2) is 9.78 Å². The highest BCUT2D eigenvalue weighted by atomic mass is 32.2. The zero-order chi connectivity index (χ0) is 12.1. The maximum atomic E-state index is 11.5. The SMILES string of the molecule is CCOC(=O)c1cc(C#N)c(SC)nc1N. The molecule has 0 saturated carbocycles. The lowest BCUT2D eigenvalue weighted by molar-refractivity contribution is 0.0527. The standard InChI is InChI=1S/C10H11N3O2S/c1-3-15-10(14)7-4-6(5-11)9(16-2)13-8(7)12/h4H,3H2,1-2H3,(H2,12,13). The van der Waals surface area contributed by atoms with Gasteiger partial charge in [-0.2, -0.15) is 5.26 Å². The summed E-state index contributed by atoms with van der Waals surface area (Å²) in [6, 6.07) is 3.37. The van der Waals surface area contributed by atoms with Gasteiger partial charge in [0.1, 0.15) is 22.5 Å². The summed E-state index contributed by atoms with van der Waals surface area (Å²) >= 11 is 1.30. The molecule has 0 unspecified atom stereocenters. The molecule has 2 N–H and O–H groups in total. The topological polar surface area (TPSA) is 89.0 Å². The van der Waals surface area contributed by atoms with Crippen LogP contribution in [0.25, 0.3) is 0 Å².